The molecule has 9 heteroatoms. The zero-order valence-electron chi connectivity index (χ0n) is 14.7. The number of hydrogen-bond donors (Lipinski definition) is 1. The molecule has 0 bridgehead atoms. The van der Waals surface area contributed by atoms with Crippen LogP contribution in [0.4, 0.5) is 5.69 Å². The number of nitro groups is 1. The first-order chi connectivity index (χ1) is 12.8. The monoisotopic (exact) mass is 374 g/mol. The Labute approximate surface area is 154 Å². The maximum atomic E-state index is 11.4. The molecule has 1 atom stereocenters. The van der Waals surface area contributed by atoms with Gasteiger partial charge in [-0.15, -0.1) is 0 Å². The van der Waals surface area contributed by atoms with Crippen molar-refractivity contribution in [1.82, 2.24) is 0 Å². The average molecular weight is 374 g/mol. The number of nitro benzene ring substituents is 1. The van der Waals surface area contributed by atoms with E-state index in [1.165, 1.54) is 50.6 Å². The van der Waals surface area contributed by atoms with E-state index in [-0.39, 0.29) is 17.9 Å². The van der Waals surface area contributed by atoms with Gasteiger partial charge in [0.15, 0.2) is 0 Å². The van der Waals surface area contributed by atoms with Crippen molar-refractivity contribution in [2.24, 2.45) is 5.73 Å². The lowest BCUT2D eigenvalue weighted by molar-refractivity contribution is -0.385. The van der Waals surface area contributed by atoms with E-state index in [1.54, 1.807) is 6.07 Å². The molecule has 0 saturated carbocycles. The fourth-order valence-corrected chi connectivity index (χ4v) is 2.31. The second-order valence-corrected chi connectivity index (χ2v) is 5.51. The molecule has 2 aromatic rings. The van der Waals surface area contributed by atoms with Crippen LogP contribution in [0.25, 0.3) is 0 Å². The summed E-state index contributed by atoms with van der Waals surface area (Å²) in [7, 11) is 2.48. The third kappa shape index (κ3) is 5.02. The zero-order valence-corrected chi connectivity index (χ0v) is 14.7. The van der Waals surface area contributed by atoms with Crippen molar-refractivity contribution >= 4 is 17.6 Å². The van der Waals surface area contributed by atoms with E-state index in [0.29, 0.717) is 16.9 Å². The summed E-state index contributed by atoms with van der Waals surface area (Å²) in [6, 6.07) is 9.33. The van der Waals surface area contributed by atoms with Crippen molar-refractivity contribution < 1.29 is 28.7 Å². The Bertz CT molecular complexity index is 849. The normalized spacial score (nSPS) is 11.4. The van der Waals surface area contributed by atoms with Gasteiger partial charge in [0.2, 0.25) is 5.75 Å². The van der Waals surface area contributed by atoms with Gasteiger partial charge in [-0.05, 0) is 42.3 Å². The summed E-state index contributed by atoms with van der Waals surface area (Å²) >= 11 is 0. The standard InChI is InChI=1S/C18H18N2O7/c1-25-17(21)12-4-6-13(7-5-12)27-16-8-3-11(10-15(16)20(23)24)9-14(19)18(22)26-2/h3-8,10,14H,9,19H2,1-2H3. The van der Waals surface area contributed by atoms with E-state index in [1.807, 2.05) is 0 Å². The number of esters is 2. The molecular weight excluding hydrogens is 356 g/mol. The summed E-state index contributed by atoms with van der Waals surface area (Å²) in [6.07, 6.45) is 0.0849. The number of methoxy groups -OCH3 is 2. The Kier molecular flexibility index (Phi) is 6.45. The van der Waals surface area contributed by atoms with E-state index in [2.05, 4.69) is 9.47 Å². The second-order valence-electron chi connectivity index (χ2n) is 5.51. The molecule has 0 heterocycles. The van der Waals surface area contributed by atoms with E-state index >= 15 is 0 Å². The van der Waals surface area contributed by atoms with Crippen LogP contribution in [0, 0.1) is 10.1 Å². The minimum atomic E-state index is -0.924. The minimum absolute atomic E-state index is 0.0150. The Morgan fingerprint density at radius 3 is 2.33 bits per heavy atom. The maximum absolute atomic E-state index is 11.4. The molecule has 0 amide bonds. The predicted octanol–water partition coefficient (Wildman–Crippen LogP) is 2.22. The van der Waals surface area contributed by atoms with Gasteiger partial charge in [0.25, 0.3) is 0 Å². The molecule has 0 aliphatic heterocycles. The summed E-state index contributed by atoms with van der Waals surface area (Å²) in [5.41, 5.74) is 6.23. The van der Waals surface area contributed by atoms with Crippen LogP contribution < -0.4 is 10.5 Å². The van der Waals surface area contributed by atoms with Gasteiger partial charge in [0.1, 0.15) is 11.8 Å². The zero-order chi connectivity index (χ0) is 20.0. The highest BCUT2D eigenvalue weighted by Gasteiger charge is 2.20. The topological polar surface area (TPSA) is 131 Å². The lowest BCUT2D eigenvalue weighted by Gasteiger charge is -2.11. The lowest BCUT2D eigenvalue weighted by Crippen LogP contribution is -2.33. The van der Waals surface area contributed by atoms with Gasteiger partial charge in [0.05, 0.1) is 24.7 Å². The molecule has 2 N–H and O–H groups in total. The molecule has 2 aromatic carbocycles. The summed E-state index contributed by atoms with van der Waals surface area (Å²) in [5, 5.41) is 11.4. The van der Waals surface area contributed by atoms with Gasteiger partial charge < -0.3 is 19.9 Å². The van der Waals surface area contributed by atoms with Crippen molar-refractivity contribution in [1.29, 1.82) is 0 Å². The highest BCUT2D eigenvalue weighted by atomic mass is 16.6. The first-order valence-electron chi connectivity index (χ1n) is 7.82. The Morgan fingerprint density at radius 2 is 1.78 bits per heavy atom. The highest BCUT2D eigenvalue weighted by Crippen LogP contribution is 2.32. The number of nitrogens with zero attached hydrogens (tertiary/aromatic N) is 1. The van der Waals surface area contributed by atoms with Crippen molar-refractivity contribution in [2.45, 2.75) is 12.5 Å². The van der Waals surface area contributed by atoms with Crippen LogP contribution in [-0.4, -0.2) is 37.1 Å². The van der Waals surface area contributed by atoms with Crippen molar-refractivity contribution in [3.05, 3.63) is 63.7 Å². The first-order valence-corrected chi connectivity index (χ1v) is 7.82. The molecule has 0 saturated heterocycles. The van der Waals surface area contributed by atoms with Crippen LogP contribution in [0.3, 0.4) is 0 Å². The van der Waals surface area contributed by atoms with Crippen molar-refractivity contribution in [3.63, 3.8) is 0 Å². The SMILES string of the molecule is COC(=O)c1ccc(Oc2ccc(CC(N)C(=O)OC)cc2[N+](=O)[O-])cc1. The Balaban J connectivity index is 2.22. The van der Waals surface area contributed by atoms with Gasteiger partial charge in [-0.2, -0.15) is 0 Å². The van der Waals surface area contributed by atoms with Gasteiger partial charge >= 0.3 is 17.6 Å². The van der Waals surface area contributed by atoms with E-state index in [4.69, 9.17) is 10.5 Å². The van der Waals surface area contributed by atoms with Crippen LogP contribution in [-0.2, 0) is 20.7 Å². The van der Waals surface area contributed by atoms with E-state index in [9.17, 15) is 19.7 Å². The Morgan fingerprint density at radius 1 is 1.11 bits per heavy atom. The number of rotatable bonds is 7. The minimum Gasteiger partial charge on any atom is -0.468 e. The molecule has 2 rings (SSSR count). The molecule has 27 heavy (non-hydrogen) atoms. The third-order valence-electron chi connectivity index (χ3n) is 3.68. The predicted molar refractivity (Wildman–Crippen MR) is 94.6 cm³/mol. The Hall–Kier alpha value is -3.46. The molecule has 1 unspecified atom stereocenters. The van der Waals surface area contributed by atoms with Crippen LogP contribution >= 0.6 is 0 Å². The van der Waals surface area contributed by atoms with Crippen molar-refractivity contribution in [3.8, 4) is 11.5 Å². The molecule has 0 spiro atoms. The van der Waals surface area contributed by atoms with Gasteiger partial charge in [0, 0.05) is 6.07 Å². The number of benzene rings is 2. The number of hydrogen-bond acceptors (Lipinski definition) is 8. The molecule has 0 aromatic heterocycles. The largest absolute Gasteiger partial charge is 0.468 e. The molecule has 0 aliphatic rings. The number of ether oxygens (including phenoxy) is 3. The average Bonchev–Trinajstić information content (AvgIpc) is 2.68. The maximum Gasteiger partial charge on any atom is 0.337 e. The first kappa shape index (κ1) is 19.9. The molecule has 0 radical (unpaired) electrons. The van der Waals surface area contributed by atoms with E-state index < -0.39 is 22.9 Å². The molecular formula is C18H18N2O7. The van der Waals surface area contributed by atoms with Gasteiger partial charge in [-0.1, -0.05) is 6.07 Å². The molecule has 142 valence electrons. The third-order valence-corrected chi connectivity index (χ3v) is 3.68. The van der Waals surface area contributed by atoms with Gasteiger partial charge in [-0.3, -0.25) is 14.9 Å². The quantitative estimate of drug-likeness (QED) is 0.443. The molecule has 0 fully saturated rings. The fourth-order valence-electron chi connectivity index (χ4n) is 2.31. The number of carbonyl (C=O) groups excluding carboxylic acids is 2. The van der Waals surface area contributed by atoms with Crippen LogP contribution in [0.2, 0.25) is 0 Å². The summed E-state index contributed by atoms with van der Waals surface area (Å²) in [5.74, 6) is -0.784. The summed E-state index contributed by atoms with van der Waals surface area (Å²) in [4.78, 5) is 33.6. The highest BCUT2D eigenvalue weighted by molar-refractivity contribution is 5.89. The smallest absolute Gasteiger partial charge is 0.337 e. The summed E-state index contributed by atoms with van der Waals surface area (Å²) in [6.45, 7) is 0. The van der Waals surface area contributed by atoms with Crippen LogP contribution in [0.1, 0.15) is 15.9 Å². The fraction of sp³-hybridized carbons (Fsp3) is 0.222. The van der Waals surface area contributed by atoms with Crippen molar-refractivity contribution in [2.75, 3.05) is 14.2 Å². The van der Waals surface area contributed by atoms with Gasteiger partial charge in [-0.25, -0.2) is 4.79 Å². The number of carbonyl (C=O) groups is 2. The lowest BCUT2D eigenvalue weighted by atomic mass is 10.1. The second kappa shape index (κ2) is 8.77. The molecule has 9 nitrogen and oxygen atoms in total. The summed E-state index contributed by atoms with van der Waals surface area (Å²) < 4.78 is 14.7. The van der Waals surface area contributed by atoms with Crippen LogP contribution in [0.15, 0.2) is 42.5 Å². The van der Waals surface area contributed by atoms with E-state index in [0.717, 1.165) is 0 Å². The molecule has 0 aliphatic carbocycles. The van der Waals surface area contributed by atoms with Crippen LogP contribution in [0.5, 0.6) is 11.5 Å². The number of nitrogens with two attached hydrogens (primary N) is 1.